The maximum absolute atomic E-state index is 11.8. The van der Waals surface area contributed by atoms with Crippen molar-refractivity contribution in [1.82, 2.24) is 5.32 Å². The van der Waals surface area contributed by atoms with Gasteiger partial charge in [0.1, 0.15) is 0 Å². The number of amides is 1. The van der Waals surface area contributed by atoms with Crippen LogP contribution in [0.3, 0.4) is 0 Å². The van der Waals surface area contributed by atoms with Gasteiger partial charge in [0.15, 0.2) is 0 Å². The Labute approximate surface area is 122 Å². The van der Waals surface area contributed by atoms with E-state index in [0.29, 0.717) is 23.0 Å². The third kappa shape index (κ3) is 4.58. The minimum absolute atomic E-state index is 0.0164. The molecule has 2 aromatic carbocycles. The van der Waals surface area contributed by atoms with E-state index in [9.17, 15) is 4.79 Å². The lowest BCUT2D eigenvalue weighted by Gasteiger charge is -2.06. The molecule has 2 nitrogen and oxygen atoms in total. The number of halogens is 2. The van der Waals surface area contributed by atoms with Gasteiger partial charge in [-0.3, -0.25) is 4.79 Å². The molecule has 0 aliphatic carbocycles. The molecule has 0 aliphatic rings. The standard InChI is InChI=1S/C15H13Cl2NO/c16-13-5-1-11(2-6-13)9-15(19)18-10-12-3-7-14(17)8-4-12/h1-8H,9-10H2,(H,18,19). The molecule has 0 unspecified atom stereocenters. The average molecular weight is 294 g/mol. The Morgan fingerprint density at radius 3 is 1.84 bits per heavy atom. The van der Waals surface area contributed by atoms with Crippen molar-refractivity contribution >= 4 is 29.1 Å². The fourth-order valence-corrected chi connectivity index (χ4v) is 1.91. The molecule has 0 saturated heterocycles. The number of benzene rings is 2. The van der Waals surface area contributed by atoms with Crippen molar-refractivity contribution in [3.05, 3.63) is 69.7 Å². The van der Waals surface area contributed by atoms with E-state index in [1.54, 1.807) is 12.1 Å². The van der Waals surface area contributed by atoms with Crippen LogP contribution in [0.4, 0.5) is 0 Å². The third-order valence-electron chi connectivity index (χ3n) is 2.68. The Hall–Kier alpha value is -1.51. The Kier molecular flexibility index (Phi) is 4.83. The summed E-state index contributed by atoms with van der Waals surface area (Å²) < 4.78 is 0. The maximum Gasteiger partial charge on any atom is 0.224 e. The smallest absolute Gasteiger partial charge is 0.224 e. The van der Waals surface area contributed by atoms with Gasteiger partial charge in [-0.25, -0.2) is 0 Å². The van der Waals surface area contributed by atoms with Crippen LogP contribution < -0.4 is 5.32 Å². The van der Waals surface area contributed by atoms with Gasteiger partial charge < -0.3 is 5.32 Å². The van der Waals surface area contributed by atoms with Crippen molar-refractivity contribution in [2.75, 3.05) is 0 Å². The summed E-state index contributed by atoms with van der Waals surface area (Å²) in [5.41, 5.74) is 1.96. The van der Waals surface area contributed by atoms with Crippen LogP contribution in [-0.4, -0.2) is 5.91 Å². The van der Waals surface area contributed by atoms with Crippen molar-refractivity contribution < 1.29 is 4.79 Å². The molecule has 0 heterocycles. The van der Waals surface area contributed by atoms with E-state index in [4.69, 9.17) is 23.2 Å². The Morgan fingerprint density at radius 1 is 0.842 bits per heavy atom. The summed E-state index contributed by atoms with van der Waals surface area (Å²) in [6, 6.07) is 14.7. The van der Waals surface area contributed by atoms with E-state index >= 15 is 0 Å². The molecule has 1 amide bonds. The van der Waals surface area contributed by atoms with Crippen LogP contribution >= 0.6 is 23.2 Å². The van der Waals surface area contributed by atoms with Crippen molar-refractivity contribution in [1.29, 1.82) is 0 Å². The molecular weight excluding hydrogens is 281 g/mol. The van der Waals surface area contributed by atoms with Crippen LogP contribution in [0, 0.1) is 0 Å². The molecule has 0 atom stereocenters. The summed E-state index contributed by atoms with van der Waals surface area (Å²) in [6.07, 6.45) is 0.352. The predicted octanol–water partition coefficient (Wildman–Crippen LogP) is 3.85. The van der Waals surface area contributed by atoms with Crippen molar-refractivity contribution in [2.24, 2.45) is 0 Å². The fraction of sp³-hybridized carbons (Fsp3) is 0.133. The normalized spacial score (nSPS) is 10.2. The van der Waals surface area contributed by atoms with Gasteiger partial charge in [-0.2, -0.15) is 0 Å². The van der Waals surface area contributed by atoms with Crippen LogP contribution in [-0.2, 0) is 17.8 Å². The lowest BCUT2D eigenvalue weighted by molar-refractivity contribution is -0.120. The number of nitrogens with one attached hydrogen (secondary N) is 1. The van der Waals surface area contributed by atoms with Gasteiger partial charge in [0.2, 0.25) is 5.91 Å². The number of carbonyl (C=O) groups is 1. The summed E-state index contributed by atoms with van der Waals surface area (Å²) in [5.74, 6) is -0.0164. The second-order valence-corrected chi connectivity index (χ2v) is 5.08. The minimum Gasteiger partial charge on any atom is -0.352 e. The number of rotatable bonds is 4. The highest BCUT2D eigenvalue weighted by atomic mass is 35.5. The minimum atomic E-state index is -0.0164. The van der Waals surface area contributed by atoms with Crippen molar-refractivity contribution in [3.8, 4) is 0 Å². The second kappa shape index (κ2) is 6.60. The Bertz CT molecular complexity index is 549. The largest absolute Gasteiger partial charge is 0.352 e. The Balaban J connectivity index is 1.84. The van der Waals surface area contributed by atoms with E-state index in [1.165, 1.54) is 0 Å². The molecule has 1 N–H and O–H groups in total. The maximum atomic E-state index is 11.8. The number of hydrogen-bond acceptors (Lipinski definition) is 1. The quantitative estimate of drug-likeness (QED) is 0.911. The van der Waals surface area contributed by atoms with Gasteiger partial charge in [-0.05, 0) is 35.4 Å². The lowest BCUT2D eigenvalue weighted by atomic mass is 10.1. The SMILES string of the molecule is O=C(Cc1ccc(Cl)cc1)NCc1ccc(Cl)cc1. The van der Waals surface area contributed by atoms with Gasteiger partial charge in [-0.15, -0.1) is 0 Å². The van der Waals surface area contributed by atoms with Gasteiger partial charge in [0.25, 0.3) is 0 Å². The predicted molar refractivity (Wildman–Crippen MR) is 78.5 cm³/mol. The molecule has 0 spiro atoms. The molecule has 4 heteroatoms. The van der Waals surface area contributed by atoms with E-state index in [2.05, 4.69) is 5.32 Å². The molecule has 2 aromatic rings. The molecule has 2 rings (SSSR count). The molecule has 0 fully saturated rings. The van der Waals surface area contributed by atoms with Crippen LogP contribution in [0.1, 0.15) is 11.1 Å². The van der Waals surface area contributed by atoms with Gasteiger partial charge >= 0.3 is 0 Å². The summed E-state index contributed by atoms with van der Waals surface area (Å²) in [5, 5.41) is 4.23. The first-order valence-corrected chi connectivity index (χ1v) is 6.64. The molecule has 0 bridgehead atoms. The first-order chi connectivity index (χ1) is 9.13. The zero-order chi connectivity index (χ0) is 13.7. The average Bonchev–Trinajstić information content (AvgIpc) is 2.41. The Morgan fingerprint density at radius 2 is 1.32 bits per heavy atom. The van der Waals surface area contributed by atoms with E-state index in [-0.39, 0.29) is 5.91 Å². The summed E-state index contributed by atoms with van der Waals surface area (Å²) >= 11 is 11.6. The van der Waals surface area contributed by atoms with E-state index < -0.39 is 0 Å². The summed E-state index contributed by atoms with van der Waals surface area (Å²) in [6.45, 7) is 0.504. The zero-order valence-corrected chi connectivity index (χ0v) is 11.7. The van der Waals surface area contributed by atoms with E-state index in [0.717, 1.165) is 11.1 Å². The molecule has 0 radical (unpaired) electrons. The molecule has 0 aromatic heterocycles. The highest BCUT2D eigenvalue weighted by molar-refractivity contribution is 6.30. The first-order valence-electron chi connectivity index (χ1n) is 5.89. The highest BCUT2D eigenvalue weighted by Gasteiger charge is 2.03. The van der Waals surface area contributed by atoms with Gasteiger partial charge in [0, 0.05) is 16.6 Å². The number of hydrogen-bond donors (Lipinski definition) is 1. The fourth-order valence-electron chi connectivity index (χ4n) is 1.65. The molecule has 98 valence electrons. The van der Waals surface area contributed by atoms with Crippen LogP contribution in [0.25, 0.3) is 0 Å². The monoisotopic (exact) mass is 293 g/mol. The van der Waals surface area contributed by atoms with Crippen molar-refractivity contribution in [2.45, 2.75) is 13.0 Å². The van der Waals surface area contributed by atoms with Gasteiger partial charge in [-0.1, -0.05) is 47.5 Å². The van der Waals surface area contributed by atoms with Crippen LogP contribution in [0.2, 0.25) is 10.0 Å². The molecule has 0 aliphatic heterocycles. The highest BCUT2D eigenvalue weighted by Crippen LogP contribution is 2.11. The van der Waals surface area contributed by atoms with Crippen LogP contribution in [0.15, 0.2) is 48.5 Å². The third-order valence-corrected chi connectivity index (χ3v) is 3.18. The number of carbonyl (C=O) groups excluding carboxylic acids is 1. The molecule has 0 saturated carbocycles. The summed E-state index contributed by atoms with van der Waals surface area (Å²) in [4.78, 5) is 11.8. The molecule has 19 heavy (non-hydrogen) atoms. The van der Waals surface area contributed by atoms with Crippen molar-refractivity contribution in [3.63, 3.8) is 0 Å². The summed E-state index contributed by atoms with van der Waals surface area (Å²) in [7, 11) is 0. The topological polar surface area (TPSA) is 29.1 Å². The lowest BCUT2D eigenvalue weighted by Crippen LogP contribution is -2.24. The molecular formula is C15H13Cl2NO. The zero-order valence-electron chi connectivity index (χ0n) is 10.2. The van der Waals surface area contributed by atoms with Crippen LogP contribution in [0.5, 0.6) is 0 Å². The van der Waals surface area contributed by atoms with Gasteiger partial charge in [0.05, 0.1) is 6.42 Å². The van der Waals surface area contributed by atoms with E-state index in [1.807, 2.05) is 36.4 Å². The first kappa shape index (κ1) is 13.9. The second-order valence-electron chi connectivity index (χ2n) is 4.21.